The molecule has 2 aromatic rings. The van der Waals surface area contributed by atoms with Crippen LogP contribution in [0.15, 0.2) is 37.2 Å². The van der Waals surface area contributed by atoms with Crippen LogP contribution in [0.3, 0.4) is 0 Å². The molecule has 1 aliphatic rings. The molecule has 1 saturated heterocycles. The average Bonchev–Trinajstić information content (AvgIpc) is 3.00. The van der Waals surface area contributed by atoms with Gasteiger partial charge in [-0.15, -0.1) is 0 Å². The van der Waals surface area contributed by atoms with Crippen LogP contribution in [0.2, 0.25) is 0 Å². The second kappa shape index (κ2) is 6.61. The van der Waals surface area contributed by atoms with Gasteiger partial charge in [0.05, 0.1) is 0 Å². The van der Waals surface area contributed by atoms with Crippen molar-refractivity contribution in [3.63, 3.8) is 0 Å². The largest absolute Gasteiger partial charge is 0.303 e. The molecule has 0 saturated carbocycles. The Balaban J connectivity index is 1.48. The maximum Gasteiger partial charge on any atom is 0.137 e. The minimum absolute atomic E-state index is 0.697. The van der Waals surface area contributed by atoms with Gasteiger partial charge in [-0.1, -0.05) is 0 Å². The van der Waals surface area contributed by atoms with Crippen molar-refractivity contribution < 1.29 is 0 Å². The van der Waals surface area contributed by atoms with Gasteiger partial charge >= 0.3 is 0 Å². The third-order valence-electron chi connectivity index (χ3n) is 3.98. The van der Waals surface area contributed by atoms with Crippen LogP contribution in [0.25, 0.3) is 0 Å². The minimum atomic E-state index is 0.697. The lowest BCUT2D eigenvalue weighted by molar-refractivity contribution is 0.161. The third-order valence-corrected chi connectivity index (χ3v) is 3.98. The van der Waals surface area contributed by atoms with Gasteiger partial charge < -0.3 is 4.90 Å². The molecule has 20 heavy (non-hydrogen) atoms. The lowest BCUT2D eigenvalue weighted by Crippen LogP contribution is -2.38. The van der Waals surface area contributed by atoms with Crippen molar-refractivity contribution in [1.29, 1.82) is 0 Å². The smallest absolute Gasteiger partial charge is 0.137 e. The predicted octanol–water partition coefficient (Wildman–Crippen LogP) is 1.63. The Morgan fingerprint density at radius 1 is 1.20 bits per heavy atom. The molecule has 0 spiro atoms. The van der Waals surface area contributed by atoms with Crippen molar-refractivity contribution in [1.82, 2.24) is 24.6 Å². The van der Waals surface area contributed by atoms with E-state index in [-0.39, 0.29) is 0 Å². The number of rotatable bonds is 5. The molecule has 0 aliphatic carbocycles. The van der Waals surface area contributed by atoms with E-state index < -0.39 is 0 Å². The van der Waals surface area contributed by atoms with Crippen LogP contribution in [0.1, 0.15) is 18.4 Å². The van der Waals surface area contributed by atoms with E-state index in [1.165, 1.54) is 31.5 Å². The van der Waals surface area contributed by atoms with Crippen molar-refractivity contribution in [2.45, 2.75) is 25.8 Å². The maximum absolute atomic E-state index is 4.21. The Labute approximate surface area is 119 Å². The predicted molar refractivity (Wildman–Crippen MR) is 77.1 cm³/mol. The highest BCUT2D eigenvalue weighted by Crippen LogP contribution is 2.18. The fraction of sp³-hybridized carbons (Fsp3) is 0.533. The molecule has 1 unspecified atom stereocenters. The average molecular weight is 271 g/mol. The Hall–Kier alpha value is -1.75. The van der Waals surface area contributed by atoms with Gasteiger partial charge in [0.25, 0.3) is 0 Å². The van der Waals surface area contributed by atoms with Crippen LogP contribution in [0.4, 0.5) is 0 Å². The Morgan fingerprint density at radius 2 is 2.10 bits per heavy atom. The van der Waals surface area contributed by atoms with Gasteiger partial charge in [-0.3, -0.25) is 9.67 Å². The highest BCUT2D eigenvalue weighted by molar-refractivity contribution is 5.09. The number of pyridine rings is 1. The molecule has 3 heterocycles. The molecular weight excluding hydrogens is 250 g/mol. The Morgan fingerprint density at radius 3 is 2.90 bits per heavy atom. The highest BCUT2D eigenvalue weighted by Gasteiger charge is 2.20. The number of aromatic nitrogens is 4. The molecule has 0 radical (unpaired) electrons. The van der Waals surface area contributed by atoms with Crippen LogP contribution < -0.4 is 0 Å². The molecule has 3 rings (SSSR count). The first-order valence-electron chi connectivity index (χ1n) is 7.34. The van der Waals surface area contributed by atoms with Crippen molar-refractivity contribution in [2.75, 3.05) is 19.6 Å². The number of hydrogen-bond acceptors (Lipinski definition) is 4. The van der Waals surface area contributed by atoms with Crippen LogP contribution in [-0.4, -0.2) is 44.3 Å². The van der Waals surface area contributed by atoms with Crippen molar-refractivity contribution in [2.24, 2.45) is 5.92 Å². The maximum atomic E-state index is 4.21. The van der Waals surface area contributed by atoms with E-state index in [2.05, 4.69) is 32.1 Å². The summed E-state index contributed by atoms with van der Waals surface area (Å²) in [5, 5.41) is 4.21. The van der Waals surface area contributed by atoms with Gasteiger partial charge in [-0.05, 0) is 49.4 Å². The standard InChI is InChI=1S/C15H21N5/c1-2-15(11-20-13-17-12-18-20)10-19(8-1)9-5-14-3-6-16-7-4-14/h3-4,6-7,12-13,15H,1-2,5,8-11H2. The van der Waals surface area contributed by atoms with E-state index in [1.807, 2.05) is 23.4 Å². The molecule has 106 valence electrons. The first-order valence-corrected chi connectivity index (χ1v) is 7.34. The van der Waals surface area contributed by atoms with Crippen molar-refractivity contribution >= 4 is 0 Å². The lowest BCUT2D eigenvalue weighted by atomic mass is 9.97. The second-order valence-electron chi connectivity index (χ2n) is 5.53. The van der Waals surface area contributed by atoms with Crippen LogP contribution >= 0.6 is 0 Å². The van der Waals surface area contributed by atoms with Gasteiger partial charge in [-0.25, -0.2) is 4.98 Å². The van der Waals surface area contributed by atoms with E-state index in [0.717, 1.165) is 19.5 Å². The minimum Gasteiger partial charge on any atom is -0.303 e. The van der Waals surface area contributed by atoms with Gasteiger partial charge in [-0.2, -0.15) is 5.10 Å². The summed E-state index contributed by atoms with van der Waals surface area (Å²) in [6.45, 7) is 4.52. The first-order chi connectivity index (χ1) is 9.90. The number of hydrogen-bond donors (Lipinski definition) is 0. The number of likely N-dealkylation sites (tertiary alicyclic amines) is 1. The zero-order chi connectivity index (χ0) is 13.6. The van der Waals surface area contributed by atoms with E-state index in [4.69, 9.17) is 0 Å². The van der Waals surface area contributed by atoms with E-state index in [1.54, 1.807) is 6.33 Å². The summed E-state index contributed by atoms with van der Waals surface area (Å²) in [6.07, 6.45) is 10.9. The zero-order valence-corrected chi connectivity index (χ0v) is 11.7. The van der Waals surface area contributed by atoms with Crippen molar-refractivity contribution in [3.8, 4) is 0 Å². The molecule has 1 atom stereocenters. The van der Waals surface area contributed by atoms with E-state index >= 15 is 0 Å². The quantitative estimate of drug-likeness (QED) is 0.829. The molecule has 1 fully saturated rings. The summed E-state index contributed by atoms with van der Waals surface area (Å²) in [7, 11) is 0. The van der Waals surface area contributed by atoms with Gasteiger partial charge in [0, 0.05) is 32.0 Å². The van der Waals surface area contributed by atoms with Crippen LogP contribution in [0, 0.1) is 5.92 Å². The Bertz CT molecular complexity index is 496. The summed E-state index contributed by atoms with van der Waals surface area (Å²) in [5.41, 5.74) is 1.37. The van der Waals surface area contributed by atoms with E-state index in [9.17, 15) is 0 Å². The fourth-order valence-corrected chi connectivity index (χ4v) is 2.93. The zero-order valence-electron chi connectivity index (χ0n) is 11.7. The summed E-state index contributed by atoms with van der Waals surface area (Å²) < 4.78 is 1.96. The van der Waals surface area contributed by atoms with Gasteiger partial charge in [0.2, 0.25) is 0 Å². The third kappa shape index (κ3) is 3.63. The number of piperidine rings is 1. The summed E-state index contributed by atoms with van der Waals surface area (Å²) >= 11 is 0. The summed E-state index contributed by atoms with van der Waals surface area (Å²) in [6, 6.07) is 4.22. The van der Waals surface area contributed by atoms with Crippen LogP contribution in [0.5, 0.6) is 0 Å². The van der Waals surface area contributed by atoms with Gasteiger partial charge in [0.15, 0.2) is 0 Å². The molecule has 5 heteroatoms. The Kier molecular flexibility index (Phi) is 4.38. The molecule has 0 bridgehead atoms. The second-order valence-corrected chi connectivity index (χ2v) is 5.53. The van der Waals surface area contributed by atoms with Crippen molar-refractivity contribution in [3.05, 3.63) is 42.7 Å². The highest BCUT2D eigenvalue weighted by atomic mass is 15.3. The molecule has 0 amide bonds. The monoisotopic (exact) mass is 271 g/mol. The van der Waals surface area contributed by atoms with Gasteiger partial charge in [0.1, 0.15) is 12.7 Å². The number of nitrogens with zero attached hydrogens (tertiary/aromatic N) is 5. The summed E-state index contributed by atoms with van der Waals surface area (Å²) in [4.78, 5) is 10.7. The molecular formula is C15H21N5. The normalized spacial score (nSPS) is 20.1. The SMILES string of the molecule is c1cc(CCN2CCCC(Cn3cncn3)C2)ccn1. The topological polar surface area (TPSA) is 46.8 Å². The summed E-state index contributed by atoms with van der Waals surface area (Å²) in [5.74, 6) is 0.697. The molecule has 1 aliphatic heterocycles. The van der Waals surface area contributed by atoms with Crippen LogP contribution in [-0.2, 0) is 13.0 Å². The molecule has 2 aromatic heterocycles. The lowest BCUT2D eigenvalue weighted by Gasteiger charge is -2.32. The fourth-order valence-electron chi connectivity index (χ4n) is 2.93. The van der Waals surface area contributed by atoms with E-state index in [0.29, 0.717) is 5.92 Å². The molecule has 0 N–H and O–H groups in total. The molecule has 5 nitrogen and oxygen atoms in total. The first kappa shape index (κ1) is 13.2. The molecule has 0 aromatic carbocycles.